The molecule has 3 unspecified atom stereocenters. The van der Waals surface area contributed by atoms with E-state index in [2.05, 4.69) is 5.32 Å². The van der Waals surface area contributed by atoms with Gasteiger partial charge in [0, 0.05) is 17.7 Å². The van der Waals surface area contributed by atoms with E-state index in [1.807, 2.05) is 50.4 Å². The van der Waals surface area contributed by atoms with Crippen LogP contribution in [0.15, 0.2) is 30.3 Å². The molecule has 1 fully saturated rings. The van der Waals surface area contributed by atoms with Crippen molar-refractivity contribution in [1.29, 1.82) is 0 Å². The highest BCUT2D eigenvalue weighted by molar-refractivity contribution is 7.98. The van der Waals surface area contributed by atoms with Gasteiger partial charge in [-0.3, -0.25) is 0 Å². The molecule has 1 saturated heterocycles. The average molecular weight is 339 g/mol. The van der Waals surface area contributed by atoms with Crippen LogP contribution in [0.4, 0.5) is 4.79 Å². The zero-order valence-corrected chi connectivity index (χ0v) is 14.6. The van der Waals surface area contributed by atoms with Gasteiger partial charge in [0.05, 0.1) is 12.7 Å². The maximum atomic E-state index is 11.2. The molecule has 3 atom stereocenters. The van der Waals surface area contributed by atoms with E-state index in [0.717, 1.165) is 11.3 Å². The van der Waals surface area contributed by atoms with Crippen molar-refractivity contribution in [1.82, 2.24) is 5.32 Å². The largest absolute Gasteiger partial charge is 0.465 e. The summed E-state index contributed by atoms with van der Waals surface area (Å²) in [7, 11) is 0. The van der Waals surface area contributed by atoms with Crippen molar-refractivity contribution in [3.8, 4) is 0 Å². The third kappa shape index (κ3) is 5.41. The Morgan fingerprint density at radius 2 is 2.13 bits per heavy atom. The highest BCUT2D eigenvalue weighted by atomic mass is 32.2. The molecule has 0 radical (unpaired) electrons. The molecule has 0 aliphatic carbocycles. The smallest absolute Gasteiger partial charge is 0.404 e. The normalized spacial score (nSPS) is 24.8. The van der Waals surface area contributed by atoms with E-state index in [-0.39, 0.29) is 18.1 Å². The summed E-state index contributed by atoms with van der Waals surface area (Å²) in [5, 5.41) is 11.9. The molecule has 2 rings (SSSR count). The van der Waals surface area contributed by atoms with E-state index in [1.165, 1.54) is 0 Å². The van der Waals surface area contributed by atoms with E-state index in [0.29, 0.717) is 13.0 Å². The van der Waals surface area contributed by atoms with Gasteiger partial charge in [-0.05, 0) is 32.1 Å². The predicted octanol–water partition coefficient (Wildman–Crippen LogP) is 3.00. The van der Waals surface area contributed by atoms with Crippen LogP contribution in [0.25, 0.3) is 0 Å². The molecule has 0 saturated carbocycles. The van der Waals surface area contributed by atoms with Gasteiger partial charge in [-0.25, -0.2) is 4.79 Å². The standard InChI is InChI=1S/C17H25NO4S/c1-17(2)21-10-13(15(22-17)11-23-3)14(18-16(19)20)9-12-7-5-4-6-8-12/h4-8,13-15,18H,9-11H2,1-3H3,(H,19,20). The maximum absolute atomic E-state index is 11.2. The molecule has 5 nitrogen and oxygen atoms in total. The SMILES string of the molecule is CSCC1OC(C)(C)OCC1C(Cc1ccccc1)NC(=O)O. The minimum Gasteiger partial charge on any atom is -0.465 e. The first-order chi connectivity index (χ1) is 10.9. The highest BCUT2D eigenvalue weighted by Gasteiger charge is 2.40. The van der Waals surface area contributed by atoms with Crippen LogP contribution in [0.1, 0.15) is 19.4 Å². The van der Waals surface area contributed by atoms with E-state index in [4.69, 9.17) is 9.47 Å². The number of benzene rings is 1. The Labute approximate surface area is 141 Å². The highest BCUT2D eigenvalue weighted by Crippen LogP contribution is 2.31. The van der Waals surface area contributed by atoms with E-state index in [1.54, 1.807) is 11.8 Å². The van der Waals surface area contributed by atoms with Crippen LogP contribution in [0.2, 0.25) is 0 Å². The predicted molar refractivity (Wildman–Crippen MR) is 91.9 cm³/mol. The number of carboxylic acid groups (broad SMARTS) is 1. The molecule has 2 N–H and O–H groups in total. The van der Waals surface area contributed by atoms with Crippen LogP contribution in [0, 0.1) is 5.92 Å². The quantitative estimate of drug-likeness (QED) is 0.834. The van der Waals surface area contributed by atoms with Crippen LogP contribution in [0.5, 0.6) is 0 Å². The van der Waals surface area contributed by atoms with E-state index < -0.39 is 11.9 Å². The molecule has 128 valence electrons. The van der Waals surface area contributed by atoms with E-state index >= 15 is 0 Å². The summed E-state index contributed by atoms with van der Waals surface area (Å²) in [5.74, 6) is 0.161. The summed E-state index contributed by atoms with van der Waals surface area (Å²) in [6, 6.07) is 9.65. The van der Waals surface area contributed by atoms with Crippen LogP contribution >= 0.6 is 11.8 Å². The molecule has 6 heteroatoms. The van der Waals surface area contributed by atoms with Crippen LogP contribution < -0.4 is 5.32 Å². The Morgan fingerprint density at radius 1 is 1.43 bits per heavy atom. The number of rotatable bonds is 6. The lowest BCUT2D eigenvalue weighted by Gasteiger charge is -2.43. The Hall–Kier alpha value is -1.24. The number of amides is 1. The molecule has 0 spiro atoms. The minimum absolute atomic E-state index is 0.0215. The molecule has 1 aromatic rings. The Morgan fingerprint density at radius 3 is 2.74 bits per heavy atom. The first-order valence-corrected chi connectivity index (χ1v) is 9.15. The Balaban J connectivity index is 2.17. The monoisotopic (exact) mass is 339 g/mol. The molecule has 0 bridgehead atoms. The van der Waals surface area contributed by atoms with Gasteiger partial charge in [0.2, 0.25) is 0 Å². The zero-order valence-electron chi connectivity index (χ0n) is 13.8. The molecule has 1 heterocycles. The van der Waals surface area contributed by atoms with Crippen LogP contribution in [-0.4, -0.2) is 47.7 Å². The van der Waals surface area contributed by atoms with Crippen molar-refractivity contribution in [3.63, 3.8) is 0 Å². The zero-order chi connectivity index (χ0) is 16.9. The number of carbonyl (C=O) groups is 1. The van der Waals surface area contributed by atoms with E-state index in [9.17, 15) is 9.90 Å². The van der Waals surface area contributed by atoms with Crippen molar-refractivity contribution < 1.29 is 19.4 Å². The minimum atomic E-state index is -1.02. The molecule has 1 aliphatic heterocycles. The van der Waals surface area contributed by atoms with Crippen molar-refractivity contribution >= 4 is 17.9 Å². The van der Waals surface area contributed by atoms with Gasteiger partial charge in [-0.15, -0.1) is 0 Å². The van der Waals surface area contributed by atoms with Crippen molar-refractivity contribution in [2.24, 2.45) is 5.92 Å². The number of hydrogen-bond donors (Lipinski definition) is 2. The third-order valence-corrected chi connectivity index (χ3v) is 4.65. The van der Waals surface area contributed by atoms with Gasteiger partial charge in [-0.2, -0.15) is 11.8 Å². The number of thioether (sulfide) groups is 1. The summed E-state index contributed by atoms with van der Waals surface area (Å²) < 4.78 is 11.8. The number of hydrogen-bond acceptors (Lipinski definition) is 4. The summed E-state index contributed by atoms with van der Waals surface area (Å²) in [5.41, 5.74) is 1.10. The summed E-state index contributed by atoms with van der Waals surface area (Å²) in [4.78, 5) is 11.2. The van der Waals surface area contributed by atoms with Gasteiger partial charge in [0.1, 0.15) is 0 Å². The Kier molecular flexibility index (Phi) is 6.33. The summed E-state index contributed by atoms with van der Waals surface area (Å²) >= 11 is 1.70. The second-order valence-electron chi connectivity index (χ2n) is 6.23. The molecular weight excluding hydrogens is 314 g/mol. The first-order valence-electron chi connectivity index (χ1n) is 7.75. The lowest BCUT2D eigenvalue weighted by molar-refractivity contribution is -0.290. The lowest BCUT2D eigenvalue weighted by atomic mass is 9.89. The van der Waals surface area contributed by atoms with Gasteiger partial charge >= 0.3 is 6.09 Å². The fraction of sp³-hybridized carbons (Fsp3) is 0.588. The van der Waals surface area contributed by atoms with Gasteiger partial charge in [0.25, 0.3) is 0 Å². The number of nitrogens with one attached hydrogen (secondary N) is 1. The Bertz CT molecular complexity index is 509. The third-order valence-electron chi connectivity index (χ3n) is 3.99. The molecule has 1 aromatic carbocycles. The lowest BCUT2D eigenvalue weighted by Crippen LogP contribution is -2.55. The van der Waals surface area contributed by atoms with Crippen molar-refractivity contribution in [3.05, 3.63) is 35.9 Å². The fourth-order valence-electron chi connectivity index (χ4n) is 2.92. The topological polar surface area (TPSA) is 67.8 Å². The second kappa shape index (κ2) is 8.04. The molecule has 1 amide bonds. The second-order valence-corrected chi connectivity index (χ2v) is 7.14. The van der Waals surface area contributed by atoms with Gasteiger partial charge in [-0.1, -0.05) is 30.3 Å². The van der Waals surface area contributed by atoms with Crippen molar-refractivity contribution in [2.75, 3.05) is 18.6 Å². The summed E-state index contributed by atoms with van der Waals surface area (Å²) in [6.07, 6.45) is 1.59. The fourth-order valence-corrected chi connectivity index (χ4v) is 3.57. The summed E-state index contributed by atoms with van der Waals surface area (Å²) in [6.45, 7) is 4.27. The molecule has 1 aliphatic rings. The average Bonchev–Trinajstić information content (AvgIpc) is 2.47. The van der Waals surface area contributed by atoms with Gasteiger partial charge < -0.3 is 19.9 Å². The maximum Gasteiger partial charge on any atom is 0.404 e. The van der Waals surface area contributed by atoms with Crippen molar-refractivity contribution in [2.45, 2.75) is 38.2 Å². The first kappa shape index (κ1) is 18.1. The van der Waals surface area contributed by atoms with Crippen LogP contribution in [-0.2, 0) is 15.9 Å². The molecule has 0 aromatic heterocycles. The van der Waals surface area contributed by atoms with Crippen LogP contribution in [0.3, 0.4) is 0 Å². The molecule has 23 heavy (non-hydrogen) atoms. The van der Waals surface area contributed by atoms with Gasteiger partial charge in [0.15, 0.2) is 5.79 Å². The molecular formula is C17H25NO4S. The number of ether oxygens (including phenoxy) is 2.